The van der Waals surface area contributed by atoms with Crippen molar-refractivity contribution in [2.45, 2.75) is 45.1 Å². The molecule has 24 heavy (non-hydrogen) atoms. The third kappa shape index (κ3) is 5.18. The van der Waals surface area contributed by atoms with Crippen molar-refractivity contribution in [3.8, 4) is 0 Å². The van der Waals surface area contributed by atoms with Gasteiger partial charge in [0.05, 0.1) is 5.69 Å². The number of nitrogens with zero attached hydrogens (tertiary/aromatic N) is 1. The maximum atomic E-state index is 13.8. The highest BCUT2D eigenvalue weighted by molar-refractivity contribution is 5.91. The lowest BCUT2D eigenvalue weighted by Gasteiger charge is -2.24. The van der Waals surface area contributed by atoms with Crippen molar-refractivity contribution in [3.05, 3.63) is 29.8 Å². The van der Waals surface area contributed by atoms with E-state index in [2.05, 4.69) is 10.6 Å². The Hall–Kier alpha value is -2.18. The molecule has 2 rings (SSSR count). The van der Waals surface area contributed by atoms with Crippen LogP contribution in [-0.4, -0.2) is 31.1 Å². The van der Waals surface area contributed by atoms with Crippen molar-refractivity contribution >= 4 is 17.6 Å². The van der Waals surface area contributed by atoms with E-state index in [1.54, 1.807) is 0 Å². The molecule has 0 radical (unpaired) electrons. The van der Waals surface area contributed by atoms with Gasteiger partial charge < -0.3 is 15.5 Å². The van der Waals surface area contributed by atoms with Gasteiger partial charge in [-0.25, -0.2) is 13.6 Å². The van der Waals surface area contributed by atoms with Crippen molar-refractivity contribution in [2.24, 2.45) is 0 Å². The maximum absolute atomic E-state index is 13.8. The number of hydrogen-bond donors (Lipinski definition) is 2. The third-order valence-electron chi connectivity index (χ3n) is 4.14. The van der Waals surface area contributed by atoms with Crippen molar-refractivity contribution in [2.75, 3.05) is 18.0 Å². The molecule has 2 N–H and O–H groups in total. The Morgan fingerprint density at radius 2 is 1.92 bits per heavy atom. The second kappa shape index (κ2) is 8.61. The molecule has 1 fully saturated rings. The first kappa shape index (κ1) is 18.2. The molecule has 132 valence electrons. The van der Waals surface area contributed by atoms with E-state index in [1.807, 2.05) is 0 Å². The normalized spacial score (nSPS) is 15.0. The van der Waals surface area contributed by atoms with E-state index in [9.17, 15) is 18.4 Å². The molecule has 0 atom stereocenters. The summed E-state index contributed by atoms with van der Waals surface area (Å²) in [5.41, 5.74) is -0.00149. The Morgan fingerprint density at radius 1 is 1.21 bits per heavy atom. The molecule has 0 saturated heterocycles. The van der Waals surface area contributed by atoms with E-state index in [4.69, 9.17) is 0 Å². The quantitative estimate of drug-likeness (QED) is 0.866. The van der Waals surface area contributed by atoms with Crippen LogP contribution in [-0.2, 0) is 4.79 Å². The third-order valence-corrected chi connectivity index (χ3v) is 4.14. The van der Waals surface area contributed by atoms with Gasteiger partial charge in [-0.3, -0.25) is 4.79 Å². The standard InChI is InChI=1S/C17H23F2N3O2/c1-12(23)22(16-8-7-13(18)11-15(16)19)10-9-20-17(24)21-14-5-3-2-4-6-14/h7-8,11,14H,2-6,9-10H2,1H3,(H2,20,21,24). The number of halogens is 2. The fourth-order valence-electron chi connectivity index (χ4n) is 2.91. The molecule has 1 aromatic carbocycles. The van der Waals surface area contributed by atoms with Gasteiger partial charge in [0.2, 0.25) is 5.91 Å². The molecular weight excluding hydrogens is 316 g/mol. The molecule has 0 spiro atoms. The van der Waals surface area contributed by atoms with Gasteiger partial charge >= 0.3 is 6.03 Å². The molecular formula is C17H23F2N3O2. The SMILES string of the molecule is CC(=O)N(CCNC(=O)NC1CCCCC1)c1ccc(F)cc1F. The Morgan fingerprint density at radius 3 is 2.54 bits per heavy atom. The summed E-state index contributed by atoms with van der Waals surface area (Å²) in [6, 6.07) is 2.95. The lowest BCUT2D eigenvalue weighted by molar-refractivity contribution is -0.116. The smallest absolute Gasteiger partial charge is 0.315 e. The van der Waals surface area contributed by atoms with Gasteiger partial charge in [0.15, 0.2) is 0 Å². The van der Waals surface area contributed by atoms with Crippen LogP contribution in [0.4, 0.5) is 19.3 Å². The number of amides is 3. The summed E-state index contributed by atoms with van der Waals surface area (Å²) in [5.74, 6) is -1.89. The summed E-state index contributed by atoms with van der Waals surface area (Å²) >= 11 is 0. The second-order valence-electron chi connectivity index (χ2n) is 6.00. The predicted molar refractivity (Wildman–Crippen MR) is 87.8 cm³/mol. The van der Waals surface area contributed by atoms with E-state index < -0.39 is 11.6 Å². The van der Waals surface area contributed by atoms with Crippen LogP contribution in [0.25, 0.3) is 0 Å². The van der Waals surface area contributed by atoms with Gasteiger partial charge in [0.1, 0.15) is 11.6 Å². The molecule has 0 heterocycles. The minimum absolute atomic E-state index is 0.00149. The monoisotopic (exact) mass is 339 g/mol. The summed E-state index contributed by atoms with van der Waals surface area (Å²) < 4.78 is 26.8. The molecule has 0 unspecified atom stereocenters. The summed E-state index contributed by atoms with van der Waals surface area (Å²) in [6.07, 6.45) is 5.40. The number of carbonyl (C=O) groups is 2. The zero-order valence-corrected chi connectivity index (χ0v) is 13.8. The van der Waals surface area contributed by atoms with Crippen LogP contribution < -0.4 is 15.5 Å². The van der Waals surface area contributed by atoms with Crippen LogP contribution in [0.15, 0.2) is 18.2 Å². The molecule has 1 saturated carbocycles. The molecule has 0 aliphatic heterocycles. The minimum atomic E-state index is -0.808. The molecule has 1 aliphatic rings. The number of urea groups is 1. The first-order valence-corrected chi connectivity index (χ1v) is 8.25. The van der Waals surface area contributed by atoms with Crippen molar-refractivity contribution in [3.63, 3.8) is 0 Å². The van der Waals surface area contributed by atoms with Crippen LogP contribution in [0, 0.1) is 11.6 Å². The molecule has 5 nitrogen and oxygen atoms in total. The van der Waals surface area contributed by atoms with Crippen LogP contribution in [0.3, 0.4) is 0 Å². The van der Waals surface area contributed by atoms with Gasteiger partial charge in [0, 0.05) is 32.1 Å². The van der Waals surface area contributed by atoms with Gasteiger partial charge in [-0.2, -0.15) is 0 Å². The average Bonchev–Trinajstić information content (AvgIpc) is 2.53. The van der Waals surface area contributed by atoms with Gasteiger partial charge in [0.25, 0.3) is 0 Å². The largest absolute Gasteiger partial charge is 0.336 e. The van der Waals surface area contributed by atoms with Crippen LogP contribution in [0.2, 0.25) is 0 Å². The van der Waals surface area contributed by atoms with Crippen LogP contribution in [0.5, 0.6) is 0 Å². The fourth-order valence-corrected chi connectivity index (χ4v) is 2.91. The van der Waals surface area contributed by atoms with E-state index >= 15 is 0 Å². The first-order valence-electron chi connectivity index (χ1n) is 8.25. The van der Waals surface area contributed by atoms with E-state index in [-0.39, 0.29) is 36.8 Å². The number of anilines is 1. The minimum Gasteiger partial charge on any atom is -0.336 e. The lowest BCUT2D eigenvalue weighted by atomic mass is 9.96. The fraction of sp³-hybridized carbons (Fsp3) is 0.529. The molecule has 1 aliphatic carbocycles. The molecule has 3 amide bonds. The number of nitrogens with one attached hydrogen (secondary N) is 2. The van der Waals surface area contributed by atoms with Gasteiger partial charge in [-0.05, 0) is 25.0 Å². The van der Waals surface area contributed by atoms with Gasteiger partial charge in [-0.15, -0.1) is 0 Å². The summed E-state index contributed by atoms with van der Waals surface area (Å²) in [7, 11) is 0. The van der Waals surface area contributed by atoms with E-state index in [1.165, 1.54) is 24.3 Å². The molecule has 7 heteroatoms. The number of rotatable bonds is 5. The van der Waals surface area contributed by atoms with Crippen LogP contribution in [0.1, 0.15) is 39.0 Å². The molecule has 1 aromatic rings. The van der Waals surface area contributed by atoms with Crippen LogP contribution >= 0.6 is 0 Å². The Labute approximate surface area is 140 Å². The number of benzene rings is 1. The molecule has 0 bridgehead atoms. The van der Waals surface area contributed by atoms with Crippen molar-refractivity contribution in [1.29, 1.82) is 0 Å². The summed E-state index contributed by atoms with van der Waals surface area (Å²) in [5, 5.41) is 5.58. The van der Waals surface area contributed by atoms with Gasteiger partial charge in [-0.1, -0.05) is 19.3 Å². The maximum Gasteiger partial charge on any atom is 0.315 e. The molecule has 0 aromatic heterocycles. The second-order valence-corrected chi connectivity index (χ2v) is 6.00. The Bertz CT molecular complexity index is 589. The van der Waals surface area contributed by atoms with Crippen molar-refractivity contribution < 1.29 is 18.4 Å². The zero-order chi connectivity index (χ0) is 17.5. The highest BCUT2D eigenvalue weighted by Crippen LogP contribution is 2.20. The topological polar surface area (TPSA) is 61.4 Å². The Balaban J connectivity index is 1.85. The zero-order valence-electron chi connectivity index (χ0n) is 13.8. The lowest BCUT2D eigenvalue weighted by Crippen LogP contribution is -2.45. The first-order chi connectivity index (χ1) is 11.5. The number of hydrogen-bond acceptors (Lipinski definition) is 2. The highest BCUT2D eigenvalue weighted by atomic mass is 19.1. The van der Waals surface area contributed by atoms with E-state index in [0.29, 0.717) is 0 Å². The predicted octanol–water partition coefficient (Wildman–Crippen LogP) is 2.95. The number of carbonyl (C=O) groups excluding carboxylic acids is 2. The Kier molecular flexibility index (Phi) is 6.52. The summed E-state index contributed by atoms with van der Waals surface area (Å²) in [6.45, 7) is 1.58. The average molecular weight is 339 g/mol. The van der Waals surface area contributed by atoms with E-state index in [0.717, 1.165) is 37.8 Å². The highest BCUT2D eigenvalue weighted by Gasteiger charge is 2.18. The van der Waals surface area contributed by atoms with Crippen molar-refractivity contribution in [1.82, 2.24) is 10.6 Å². The summed E-state index contributed by atoms with van der Waals surface area (Å²) in [4.78, 5) is 24.7.